The van der Waals surface area contributed by atoms with Crippen LogP contribution in [0, 0.1) is 13.8 Å². The number of nitrogens with one attached hydrogen (secondary N) is 1. The van der Waals surface area contributed by atoms with Crippen LogP contribution in [0.2, 0.25) is 0 Å². The fraction of sp³-hybridized carbons (Fsp3) is 0.240. The van der Waals surface area contributed by atoms with Crippen molar-refractivity contribution < 1.29 is 9.59 Å². The summed E-state index contributed by atoms with van der Waals surface area (Å²) in [6.07, 6.45) is 4.79. The largest absolute Gasteiger partial charge is 0.326 e. The highest BCUT2D eigenvalue weighted by Gasteiger charge is 2.31. The molecule has 1 saturated heterocycles. The van der Waals surface area contributed by atoms with E-state index < -0.39 is 0 Å². The van der Waals surface area contributed by atoms with Gasteiger partial charge in [-0.2, -0.15) is 0 Å². The molecule has 31 heavy (non-hydrogen) atoms. The number of carbonyl (C=O) groups excluding carboxylic acids is 2. The fourth-order valence-electron chi connectivity index (χ4n) is 3.25. The summed E-state index contributed by atoms with van der Waals surface area (Å²) < 4.78 is 0.540. The molecule has 1 fully saturated rings. The maximum atomic E-state index is 12.8. The first kappa shape index (κ1) is 23.0. The molecular weight excluding hydrogens is 424 g/mol. The summed E-state index contributed by atoms with van der Waals surface area (Å²) in [6, 6.07) is 15.8. The summed E-state index contributed by atoms with van der Waals surface area (Å²) in [7, 11) is 0. The molecule has 0 unspecified atom stereocenters. The first-order valence-electron chi connectivity index (χ1n) is 10.2. The summed E-state index contributed by atoms with van der Waals surface area (Å²) in [6.45, 7) is 6.41. The van der Waals surface area contributed by atoms with Crippen LogP contribution in [0.3, 0.4) is 0 Å². The predicted molar refractivity (Wildman–Crippen MR) is 134 cm³/mol. The molecule has 2 aromatic rings. The molecule has 3 rings (SSSR count). The van der Waals surface area contributed by atoms with Crippen molar-refractivity contribution in [2.24, 2.45) is 0 Å². The standard InChI is InChI=1S/C25H26N2O2S2/c1-17(15-20-10-5-4-6-11-20)16-22-24(29)27(25(30)31-22)14-8-13-23(28)26-21-12-7-9-18(2)19(21)3/h4-7,9-12,15-16H,8,13-14H2,1-3H3,(H,26,28). The second kappa shape index (κ2) is 10.6. The minimum Gasteiger partial charge on any atom is -0.326 e. The van der Waals surface area contributed by atoms with Gasteiger partial charge in [0.15, 0.2) is 0 Å². The summed E-state index contributed by atoms with van der Waals surface area (Å²) >= 11 is 6.71. The zero-order valence-corrected chi connectivity index (χ0v) is 19.6. The summed E-state index contributed by atoms with van der Waals surface area (Å²) in [5.74, 6) is -0.151. The van der Waals surface area contributed by atoms with Crippen LogP contribution in [-0.4, -0.2) is 27.6 Å². The number of carbonyl (C=O) groups is 2. The van der Waals surface area contributed by atoms with Gasteiger partial charge in [-0.25, -0.2) is 0 Å². The van der Waals surface area contributed by atoms with Crippen LogP contribution >= 0.6 is 24.0 Å². The fourth-order valence-corrected chi connectivity index (χ4v) is 4.61. The highest BCUT2D eigenvalue weighted by molar-refractivity contribution is 8.26. The zero-order valence-electron chi connectivity index (χ0n) is 18.0. The maximum Gasteiger partial charge on any atom is 0.266 e. The van der Waals surface area contributed by atoms with Crippen LogP contribution in [0.4, 0.5) is 5.69 Å². The number of anilines is 1. The quantitative estimate of drug-likeness (QED) is 0.423. The number of thioether (sulfide) groups is 1. The van der Waals surface area contributed by atoms with Gasteiger partial charge in [0.25, 0.3) is 5.91 Å². The molecule has 0 radical (unpaired) electrons. The number of amides is 2. The average Bonchev–Trinajstić information content (AvgIpc) is 2.99. The molecule has 0 aromatic heterocycles. The number of rotatable bonds is 7. The molecule has 0 saturated carbocycles. The second-order valence-electron chi connectivity index (χ2n) is 7.53. The van der Waals surface area contributed by atoms with E-state index in [-0.39, 0.29) is 11.8 Å². The summed E-state index contributed by atoms with van der Waals surface area (Å²) in [4.78, 5) is 27.3. The highest BCUT2D eigenvalue weighted by Crippen LogP contribution is 2.32. The lowest BCUT2D eigenvalue weighted by molar-refractivity contribution is -0.122. The monoisotopic (exact) mass is 450 g/mol. The smallest absolute Gasteiger partial charge is 0.266 e. The normalized spacial score (nSPS) is 15.6. The SMILES string of the molecule is CC(=Cc1ccccc1)C=C1SC(=S)N(CCCC(=O)Nc2cccc(C)c2C)C1=O. The Hall–Kier alpha value is -2.70. The van der Waals surface area contributed by atoms with E-state index in [1.165, 1.54) is 11.8 Å². The first-order chi connectivity index (χ1) is 14.8. The maximum absolute atomic E-state index is 12.8. The average molecular weight is 451 g/mol. The van der Waals surface area contributed by atoms with Crippen LogP contribution < -0.4 is 5.32 Å². The van der Waals surface area contributed by atoms with E-state index in [0.717, 1.165) is 28.0 Å². The molecule has 0 bridgehead atoms. The van der Waals surface area contributed by atoms with Crippen LogP contribution in [0.5, 0.6) is 0 Å². The molecule has 1 aliphatic rings. The van der Waals surface area contributed by atoms with Crippen molar-refractivity contribution in [1.29, 1.82) is 0 Å². The third-order valence-corrected chi connectivity index (χ3v) is 6.47. The Kier molecular flexibility index (Phi) is 7.82. The lowest BCUT2D eigenvalue weighted by Crippen LogP contribution is -2.29. The number of thiocarbonyl (C=S) groups is 1. The van der Waals surface area contributed by atoms with Crippen molar-refractivity contribution in [1.82, 2.24) is 4.90 Å². The van der Waals surface area contributed by atoms with E-state index in [9.17, 15) is 9.59 Å². The molecule has 0 aliphatic carbocycles. The Labute approximate surface area is 193 Å². The van der Waals surface area contributed by atoms with Gasteiger partial charge in [-0.3, -0.25) is 14.5 Å². The van der Waals surface area contributed by atoms with Crippen molar-refractivity contribution in [2.45, 2.75) is 33.6 Å². The Balaban J connectivity index is 1.55. The Morgan fingerprint density at radius 1 is 1.13 bits per heavy atom. The van der Waals surface area contributed by atoms with E-state index in [1.54, 1.807) is 4.90 Å². The van der Waals surface area contributed by atoms with Gasteiger partial charge in [-0.05, 0) is 61.6 Å². The molecule has 2 aromatic carbocycles. The van der Waals surface area contributed by atoms with Gasteiger partial charge in [0.05, 0.1) is 4.91 Å². The van der Waals surface area contributed by atoms with E-state index >= 15 is 0 Å². The van der Waals surface area contributed by atoms with Gasteiger partial charge >= 0.3 is 0 Å². The van der Waals surface area contributed by atoms with Crippen LogP contribution in [0.25, 0.3) is 6.08 Å². The summed E-state index contributed by atoms with van der Waals surface area (Å²) in [5.41, 5.74) is 5.11. The second-order valence-corrected chi connectivity index (χ2v) is 9.21. The predicted octanol–water partition coefficient (Wildman–Crippen LogP) is 5.87. The Bertz CT molecular complexity index is 1060. The van der Waals surface area contributed by atoms with Crippen molar-refractivity contribution in [3.8, 4) is 0 Å². The van der Waals surface area contributed by atoms with Crippen LogP contribution in [0.15, 0.2) is 65.1 Å². The molecule has 4 nitrogen and oxygen atoms in total. The molecular formula is C25H26N2O2S2. The van der Waals surface area contributed by atoms with Crippen molar-refractivity contribution in [3.05, 3.63) is 81.8 Å². The van der Waals surface area contributed by atoms with Gasteiger partial charge in [-0.1, -0.05) is 72.5 Å². The number of hydrogen-bond acceptors (Lipinski definition) is 4. The third kappa shape index (κ3) is 6.15. The Morgan fingerprint density at radius 3 is 2.61 bits per heavy atom. The number of benzene rings is 2. The molecule has 0 atom stereocenters. The lowest BCUT2D eigenvalue weighted by Gasteiger charge is -2.14. The van der Waals surface area contributed by atoms with Crippen LogP contribution in [-0.2, 0) is 9.59 Å². The first-order valence-corrected chi connectivity index (χ1v) is 11.4. The van der Waals surface area contributed by atoms with Crippen molar-refractivity contribution in [2.75, 3.05) is 11.9 Å². The zero-order chi connectivity index (χ0) is 22.4. The molecule has 1 heterocycles. The molecule has 6 heteroatoms. The van der Waals surface area contributed by atoms with E-state index in [1.807, 2.05) is 81.5 Å². The molecule has 2 amide bonds. The topological polar surface area (TPSA) is 49.4 Å². The van der Waals surface area contributed by atoms with Crippen molar-refractivity contribution in [3.63, 3.8) is 0 Å². The molecule has 160 valence electrons. The van der Waals surface area contributed by atoms with Crippen molar-refractivity contribution >= 4 is 51.9 Å². The van der Waals surface area contributed by atoms with Crippen LogP contribution in [0.1, 0.15) is 36.5 Å². The van der Waals surface area contributed by atoms with Gasteiger partial charge in [-0.15, -0.1) is 0 Å². The van der Waals surface area contributed by atoms with Gasteiger partial charge in [0, 0.05) is 18.7 Å². The minimum absolute atomic E-state index is 0.0590. The van der Waals surface area contributed by atoms with E-state index in [4.69, 9.17) is 12.2 Å². The molecule has 1 N–H and O–H groups in total. The Morgan fingerprint density at radius 2 is 1.87 bits per heavy atom. The van der Waals surface area contributed by atoms with Gasteiger partial charge < -0.3 is 5.32 Å². The highest BCUT2D eigenvalue weighted by atomic mass is 32.2. The van der Waals surface area contributed by atoms with E-state index in [0.29, 0.717) is 28.6 Å². The third-order valence-electron chi connectivity index (χ3n) is 5.09. The minimum atomic E-state index is -0.0919. The summed E-state index contributed by atoms with van der Waals surface area (Å²) in [5, 5.41) is 2.96. The number of nitrogens with zero attached hydrogens (tertiary/aromatic N) is 1. The van der Waals surface area contributed by atoms with Gasteiger partial charge in [0.2, 0.25) is 5.91 Å². The number of hydrogen-bond donors (Lipinski definition) is 1. The lowest BCUT2D eigenvalue weighted by atomic mass is 10.1. The number of aryl methyl sites for hydroxylation is 1. The van der Waals surface area contributed by atoms with Gasteiger partial charge in [0.1, 0.15) is 4.32 Å². The number of allylic oxidation sites excluding steroid dienone is 2. The van der Waals surface area contributed by atoms with E-state index in [2.05, 4.69) is 5.32 Å². The molecule has 0 spiro atoms. The molecule has 1 aliphatic heterocycles.